The number of hydrogen-bond acceptors (Lipinski definition) is 4. The van der Waals surface area contributed by atoms with E-state index in [1.54, 1.807) is 11.1 Å². The highest BCUT2D eigenvalue weighted by Crippen LogP contribution is 2.27. The Labute approximate surface area is 124 Å². The number of nitrogens with zero attached hydrogens (tertiary/aromatic N) is 3. The first-order chi connectivity index (χ1) is 10.0. The minimum absolute atomic E-state index is 0.0737. The zero-order valence-corrected chi connectivity index (χ0v) is 12.5. The molecule has 1 amide bonds. The third-order valence-corrected chi connectivity index (χ3v) is 4.94. The Morgan fingerprint density at radius 3 is 3.00 bits per heavy atom. The molecule has 6 nitrogen and oxygen atoms in total. The average Bonchev–Trinajstić information content (AvgIpc) is 2.93. The summed E-state index contributed by atoms with van der Waals surface area (Å²) in [4.78, 5) is 14.3. The number of carbonyl (C=O) groups is 1. The van der Waals surface area contributed by atoms with Gasteiger partial charge in [0.05, 0.1) is 23.1 Å². The zero-order chi connectivity index (χ0) is 15.0. The number of rotatable bonds is 2. The monoisotopic (exact) mass is 293 g/mol. The molecule has 6 heteroatoms. The lowest BCUT2D eigenvalue weighted by Crippen LogP contribution is -2.56. The predicted octanol–water partition coefficient (Wildman–Crippen LogP) is 0.567. The van der Waals surface area contributed by atoms with E-state index < -0.39 is 11.7 Å². The van der Waals surface area contributed by atoms with E-state index in [4.69, 9.17) is 0 Å². The lowest BCUT2D eigenvalue weighted by molar-refractivity contribution is -0.114. The van der Waals surface area contributed by atoms with Crippen LogP contribution in [0.5, 0.6) is 0 Å². The van der Waals surface area contributed by atoms with E-state index in [0.29, 0.717) is 24.9 Å². The van der Waals surface area contributed by atoms with Crippen LogP contribution in [0.4, 0.5) is 0 Å². The van der Waals surface area contributed by atoms with Crippen LogP contribution in [0.3, 0.4) is 0 Å². The Kier molecular flexibility index (Phi) is 3.75. The molecule has 0 spiro atoms. The van der Waals surface area contributed by atoms with Gasteiger partial charge in [0.1, 0.15) is 6.10 Å². The molecule has 1 aromatic rings. The fourth-order valence-corrected chi connectivity index (χ4v) is 3.33. The molecule has 1 aromatic heterocycles. The van der Waals surface area contributed by atoms with E-state index in [0.717, 1.165) is 31.5 Å². The molecule has 2 aliphatic rings. The summed E-state index contributed by atoms with van der Waals surface area (Å²) in [6.07, 6.45) is 4.76. The van der Waals surface area contributed by atoms with Crippen molar-refractivity contribution >= 4 is 5.91 Å². The zero-order valence-electron chi connectivity index (χ0n) is 12.5. The highest BCUT2D eigenvalue weighted by atomic mass is 16.3. The summed E-state index contributed by atoms with van der Waals surface area (Å²) in [6.45, 7) is 3.40. The van der Waals surface area contributed by atoms with Gasteiger partial charge in [-0.15, -0.1) is 0 Å². The molecule has 2 atom stereocenters. The average molecular weight is 293 g/mol. The van der Waals surface area contributed by atoms with Gasteiger partial charge in [-0.3, -0.25) is 9.48 Å². The quantitative estimate of drug-likeness (QED) is 0.835. The molecule has 0 unspecified atom stereocenters. The van der Waals surface area contributed by atoms with Crippen molar-refractivity contribution in [3.05, 3.63) is 17.5 Å². The summed E-state index contributed by atoms with van der Waals surface area (Å²) in [7, 11) is 0. The van der Waals surface area contributed by atoms with Crippen LogP contribution in [-0.4, -0.2) is 55.6 Å². The van der Waals surface area contributed by atoms with Crippen LogP contribution in [0.15, 0.2) is 6.20 Å². The number of carbonyl (C=O) groups excluding carboxylic acids is 1. The fraction of sp³-hybridized carbons (Fsp3) is 0.733. The minimum atomic E-state index is -1.06. The van der Waals surface area contributed by atoms with Crippen molar-refractivity contribution < 1.29 is 15.0 Å². The maximum Gasteiger partial charge on any atom is 0.257 e. The first-order valence-corrected chi connectivity index (χ1v) is 7.79. The molecule has 0 aliphatic carbocycles. The second-order valence-corrected chi connectivity index (χ2v) is 6.16. The fourth-order valence-electron chi connectivity index (χ4n) is 3.33. The van der Waals surface area contributed by atoms with Crippen molar-refractivity contribution in [3.8, 4) is 0 Å². The Bertz CT molecular complexity index is 542. The normalized spacial score (nSPS) is 29.3. The Balaban J connectivity index is 1.76. The molecule has 21 heavy (non-hydrogen) atoms. The molecule has 1 saturated heterocycles. The molecule has 0 saturated carbocycles. The van der Waals surface area contributed by atoms with Gasteiger partial charge in [0.25, 0.3) is 5.91 Å². The van der Waals surface area contributed by atoms with Crippen molar-refractivity contribution in [1.82, 2.24) is 14.7 Å². The number of aliphatic hydroxyl groups is 2. The first-order valence-electron chi connectivity index (χ1n) is 7.79. The third-order valence-electron chi connectivity index (χ3n) is 4.94. The summed E-state index contributed by atoms with van der Waals surface area (Å²) in [5, 5.41) is 24.7. The van der Waals surface area contributed by atoms with E-state index in [9.17, 15) is 15.0 Å². The van der Waals surface area contributed by atoms with Crippen molar-refractivity contribution in [2.75, 3.05) is 13.1 Å². The number of hydrogen-bond donors (Lipinski definition) is 2. The van der Waals surface area contributed by atoms with Gasteiger partial charge < -0.3 is 15.1 Å². The number of fused-ring (bicyclic) bond motifs is 1. The molecule has 2 aliphatic heterocycles. The van der Waals surface area contributed by atoms with E-state index in [1.807, 2.05) is 11.6 Å². The summed E-state index contributed by atoms with van der Waals surface area (Å²) in [5.74, 6) is -0.0737. The molecule has 0 radical (unpaired) electrons. The Morgan fingerprint density at radius 1 is 1.48 bits per heavy atom. The third kappa shape index (κ3) is 2.46. The van der Waals surface area contributed by atoms with Crippen molar-refractivity contribution in [1.29, 1.82) is 0 Å². The van der Waals surface area contributed by atoms with Crippen LogP contribution in [-0.2, 0) is 13.0 Å². The van der Waals surface area contributed by atoms with Gasteiger partial charge in [-0.05, 0) is 32.1 Å². The van der Waals surface area contributed by atoms with Crippen LogP contribution in [0.1, 0.15) is 48.7 Å². The Hall–Kier alpha value is -1.40. The molecule has 116 valence electrons. The van der Waals surface area contributed by atoms with Crippen molar-refractivity contribution in [2.24, 2.45) is 0 Å². The lowest BCUT2D eigenvalue weighted by atomic mass is 9.86. The molecule has 3 heterocycles. The van der Waals surface area contributed by atoms with Gasteiger partial charge in [-0.25, -0.2) is 0 Å². The van der Waals surface area contributed by atoms with Crippen LogP contribution in [0.25, 0.3) is 0 Å². The second kappa shape index (κ2) is 5.42. The van der Waals surface area contributed by atoms with Gasteiger partial charge in [-0.2, -0.15) is 5.10 Å². The highest BCUT2D eigenvalue weighted by molar-refractivity contribution is 5.95. The summed E-state index contributed by atoms with van der Waals surface area (Å²) < 4.78 is 1.92. The molecule has 1 fully saturated rings. The number of aromatic nitrogens is 2. The summed E-state index contributed by atoms with van der Waals surface area (Å²) >= 11 is 0. The largest absolute Gasteiger partial charge is 0.388 e. The first kappa shape index (κ1) is 14.5. The molecule has 3 rings (SSSR count). The van der Waals surface area contributed by atoms with E-state index in [1.165, 1.54) is 0 Å². The number of amides is 1. The van der Waals surface area contributed by atoms with Gasteiger partial charge in [0, 0.05) is 19.6 Å². The van der Waals surface area contributed by atoms with Crippen LogP contribution in [0.2, 0.25) is 0 Å². The lowest BCUT2D eigenvalue weighted by Gasteiger charge is -2.41. The molecule has 0 bridgehead atoms. The number of aryl methyl sites for hydroxylation is 1. The van der Waals surface area contributed by atoms with Crippen LogP contribution < -0.4 is 0 Å². The number of likely N-dealkylation sites (tertiary alicyclic amines) is 1. The van der Waals surface area contributed by atoms with Gasteiger partial charge in [-0.1, -0.05) is 6.92 Å². The number of aliphatic hydroxyl groups excluding tert-OH is 1. The van der Waals surface area contributed by atoms with Crippen LogP contribution >= 0.6 is 0 Å². The second-order valence-electron chi connectivity index (χ2n) is 6.16. The summed E-state index contributed by atoms with van der Waals surface area (Å²) in [6, 6.07) is 0. The van der Waals surface area contributed by atoms with Gasteiger partial charge in [0.2, 0.25) is 0 Å². The van der Waals surface area contributed by atoms with Crippen LogP contribution in [0, 0.1) is 0 Å². The van der Waals surface area contributed by atoms with Gasteiger partial charge >= 0.3 is 0 Å². The van der Waals surface area contributed by atoms with Crippen molar-refractivity contribution in [2.45, 2.75) is 57.3 Å². The number of piperidine rings is 1. The van der Waals surface area contributed by atoms with E-state index in [2.05, 4.69) is 5.10 Å². The maximum absolute atomic E-state index is 12.7. The Morgan fingerprint density at radius 2 is 2.29 bits per heavy atom. The standard InChI is InChI=1S/C15H23N3O3/c1-2-15(21)6-8-17(10-13(15)19)14(20)11-9-16-18-7-4-3-5-12(11)18/h9,13,19,21H,2-8,10H2,1H3/t13-,15-/m1/s1. The van der Waals surface area contributed by atoms with E-state index in [-0.39, 0.29) is 12.5 Å². The van der Waals surface area contributed by atoms with Gasteiger partial charge in [0.15, 0.2) is 0 Å². The smallest absolute Gasteiger partial charge is 0.257 e. The summed E-state index contributed by atoms with van der Waals surface area (Å²) in [5.41, 5.74) is 0.607. The molecule has 2 N–H and O–H groups in total. The maximum atomic E-state index is 12.7. The van der Waals surface area contributed by atoms with Crippen molar-refractivity contribution in [3.63, 3.8) is 0 Å². The molecule has 0 aromatic carbocycles. The molecular weight excluding hydrogens is 270 g/mol. The SMILES string of the molecule is CC[C@@]1(O)CCN(C(=O)c2cnn3c2CCCC3)C[C@H]1O. The molecular formula is C15H23N3O3. The predicted molar refractivity (Wildman–Crippen MR) is 76.9 cm³/mol. The minimum Gasteiger partial charge on any atom is -0.388 e. The van der Waals surface area contributed by atoms with E-state index >= 15 is 0 Å². The highest BCUT2D eigenvalue weighted by Gasteiger charge is 2.41. The number of β-amino-alcohol motifs (C(OH)–C–C–N with tert-alkyl or cyclic N) is 1. The topological polar surface area (TPSA) is 78.6 Å².